The van der Waals surface area contributed by atoms with Crippen molar-refractivity contribution in [2.24, 2.45) is 0 Å². The van der Waals surface area contributed by atoms with Crippen LogP contribution in [0.1, 0.15) is 41.5 Å². The smallest absolute Gasteiger partial charge is 0.255 e. The molecule has 21 heavy (non-hydrogen) atoms. The molecule has 0 spiro atoms. The van der Waals surface area contributed by atoms with Gasteiger partial charge in [-0.3, -0.25) is 14.8 Å². The molecule has 110 valence electrons. The van der Waals surface area contributed by atoms with E-state index in [0.29, 0.717) is 5.56 Å². The van der Waals surface area contributed by atoms with Gasteiger partial charge >= 0.3 is 0 Å². The second kappa shape index (κ2) is 6.83. The molecule has 0 aromatic carbocycles. The highest BCUT2D eigenvalue weighted by Gasteiger charge is 2.15. The van der Waals surface area contributed by atoms with E-state index in [0.717, 1.165) is 23.5 Å². The van der Waals surface area contributed by atoms with Gasteiger partial charge in [-0.05, 0) is 44.5 Å². The molecular weight excluding hydrogens is 264 g/mol. The predicted octanol–water partition coefficient (Wildman–Crippen LogP) is 2.71. The molecule has 0 radical (unpaired) electrons. The van der Waals surface area contributed by atoms with Gasteiger partial charge < -0.3 is 10.6 Å². The summed E-state index contributed by atoms with van der Waals surface area (Å²) in [5, 5.41) is 6.18. The maximum absolute atomic E-state index is 12.4. The summed E-state index contributed by atoms with van der Waals surface area (Å²) in [5.41, 5.74) is 3.26. The highest BCUT2D eigenvalue weighted by atomic mass is 16.1. The van der Waals surface area contributed by atoms with E-state index in [1.807, 2.05) is 39.0 Å². The van der Waals surface area contributed by atoms with Crippen LogP contribution in [0.5, 0.6) is 0 Å². The number of hydrogen-bond acceptors (Lipinski definition) is 4. The number of aromatic nitrogens is 2. The molecule has 2 N–H and O–H groups in total. The normalized spacial score (nSPS) is 11.8. The Kier molecular flexibility index (Phi) is 4.87. The Morgan fingerprint density at radius 3 is 2.71 bits per heavy atom. The highest BCUT2D eigenvalue weighted by molar-refractivity contribution is 5.99. The first-order valence-electron chi connectivity index (χ1n) is 7.03. The van der Waals surface area contributed by atoms with Gasteiger partial charge in [0.1, 0.15) is 0 Å². The van der Waals surface area contributed by atoms with Crippen LogP contribution in [0, 0.1) is 6.92 Å². The van der Waals surface area contributed by atoms with Gasteiger partial charge in [0.2, 0.25) is 0 Å². The van der Waals surface area contributed by atoms with Crippen molar-refractivity contribution in [3.05, 3.63) is 53.6 Å². The average Bonchev–Trinajstić information content (AvgIpc) is 2.48. The predicted molar refractivity (Wildman–Crippen MR) is 83.3 cm³/mol. The van der Waals surface area contributed by atoms with Gasteiger partial charge in [-0.15, -0.1) is 0 Å². The lowest BCUT2D eigenvalue weighted by atomic mass is 10.1. The van der Waals surface area contributed by atoms with Crippen LogP contribution in [0.4, 0.5) is 5.69 Å². The third-order valence-corrected chi connectivity index (χ3v) is 3.21. The molecule has 1 atom stereocenters. The molecule has 0 aliphatic rings. The van der Waals surface area contributed by atoms with Crippen molar-refractivity contribution in [2.45, 2.75) is 26.8 Å². The Bertz CT molecular complexity index is 613. The fourth-order valence-electron chi connectivity index (χ4n) is 2.09. The highest BCUT2D eigenvalue weighted by Crippen LogP contribution is 2.17. The largest absolute Gasteiger partial charge is 0.385 e. The first kappa shape index (κ1) is 15.0. The number of anilines is 1. The minimum Gasteiger partial charge on any atom is -0.385 e. The summed E-state index contributed by atoms with van der Waals surface area (Å²) in [4.78, 5) is 20.6. The van der Waals surface area contributed by atoms with Gasteiger partial charge in [0.25, 0.3) is 5.91 Å². The van der Waals surface area contributed by atoms with Crippen molar-refractivity contribution < 1.29 is 4.79 Å². The Hall–Kier alpha value is -2.43. The minimum absolute atomic E-state index is 0.0868. The summed E-state index contributed by atoms with van der Waals surface area (Å²) in [6, 6.07) is 5.58. The molecular formula is C16H20N4O. The summed E-state index contributed by atoms with van der Waals surface area (Å²) in [7, 11) is 0. The van der Waals surface area contributed by atoms with Gasteiger partial charge in [-0.25, -0.2) is 0 Å². The second-order valence-corrected chi connectivity index (χ2v) is 4.88. The van der Waals surface area contributed by atoms with E-state index < -0.39 is 0 Å². The summed E-state index contributed by atoms with van der Waals surface area (Å²) in [5.74, 6) is -0.136. The molecule has 0 aliphatic heterocycles. The number of aryl methyl sites for hydroxylation is 1. The number of pyridine rings is 2. The molecule has 2 aromatic heterocycles. The third-order valence-electron chi connectivity index (χ3n) is 3.21. The average molecular weight is 284 g/mol. The zero-order valence-electron chi connectivity index (χ0n) is 12.6. The number of carbonyl (C=O) groups is 1. The third kappa shape index (κ3) is 3.78. The van der Waals surface area contributed by atoms with Crippen molar-refractivity contribution in [2.75, 3.05) is 11.9 Å². The molecule has 0 fully saturated rings. The quantitative estimate of drug-likeness (QED) is 0.886. The van der Waals surface area contributed by atoms with Crippen LogP contribution in [0.3, 0.4) is 0 Å². The number of amides is 1. The van der Waals surface area contributed by atoms with E-state index in [9.17, 15) is 4.79 Å². The molecule has 2 aromatic rings. The number of nitrogens with one attached hydrogen (secondary N) is 2. The number of hydrogen-bond donors (Lipinski definition) is 2. The van der Waals surface area contributed by atoms with Crippen LogP contribution < -0.4 is 10.6 Å². The maximum atomic E-state index is 12.4. The van der Waals surface area contributed by atoms with E-state index in [4.69, 9.17) is 0 Å². The van der Waals surface area contributed by atoms with Gasteiger partial charge in [0, 0.05) is 30.8 Å². The first-order valence-corrected chi connectivity index (χ1v) is 7.03. The summed E-state index contributed by atoms with van der Waals surface area (Å²) in [6.07, 6.45) is 5.05. The van der Waals surface area contributed by atoms with Gasteiger partial charge in [0.15, 0.2) is 0 Å². The van der Waals surface area contributed by atoms with Crippen molar-refractivity contribution in [1.29, 1.82) is 0 Å². The van der Waals surface area contributed by atoms with Crippen molar-refractivity contribution in [3.63, 3.8) is 0 Å². The van der Waals surface area contributed by atoms with E-state index in [1.165, 1.54) is 0 Å². The fourth-order valence-corrected chi connectivity index (χ4v) is 2.09. The van der Waals surface area contributed by atoms with Gasteiger partial charge in [-0.1, -0.05) is 0 Å². The molecule has 0 bridgehead atoms. The summed E-state index contributed by atoms with van der Waals surface area (Å²) < 4.78 is 0. The lowest BCUT2D eigenvalue weighted by molar-refractivity contribution is 0.0940. The minimum atomic E-state index is -0.136. The summed E-state index contributed by atoms with van der Waals surface area (Å²) in [6.45, 7) is 6.60. The fraction of sp³-hybridized carbons (Fsp3) is 0.312. The van der Waals surface area contributed by atoms with E-state index in [1.54, 1.807) is 18.6 Å². The standard InChI is InChI=1S/C16H20N4O/c1-4-18-15-9-11(2)19-10-14(15)16(21)20-12(3)13-5-7-17-8-6-13/h5-10,12H,4H2,1-3H3,(H,18,19)(H,20,21). The van der Waals surface area contributed by atoms with Crippen LogP contribution in [-0.4, -0.2) is 22.4 Å². The molecule has 2 rings (SSSR count). The molecule has 0 saturated carbocycles. The van der Waals surface area contributed by atoms with Crippen LogP contribution in [0.2, 0.25) is 0 Å². The van der Waals surface area contributed by atoms with Crippen molar-refractivity contribution >= 4 is 11.6 Å². The van der Waals surface area contributed by atoms with Gasteiger partial charge in [0.05, 0.1) is 17.3 Å². The summed E-state index contributed by atoms with van der Waals surface area (Å²) >= 11 is 0. The number of nitrogens with zero attached hydrogens (tertiary/aromatic N) is 2. The zero-order chi connectivity index (χ0) is 15.2. The van der Waals surface area contributed by atoms with Crippen molar-refractivity contribution in [1.82, 2.24) is 15.3 Å². The van der Waals surface area contributed by atoms with Gasteiger partial charge in [-0.2, -0.15) is 0 Å². The maximum Gasteiger partial charge on any atom is 0.255 e. The molecule has 1 amide bonds. The number of rotatable bonds is 5. The molecule has 5 heteroatoms. The molecule has 0 aliphatic carbocycles. The molecule has 2 heterocycles. The lowest BCUT2D eigenvalue weighted by Gasteiger charge is -2.16. The molecule has 1 unspecified atom stereocenters. The SMILES string of the molecule is CCNc1cc(C)ncc1C(=O)NC(C)c1ccncc1. The number of carbonyl (C=O) groups excluding carboxylic acids is 1. The molecule has 5 nitrogen and oxygen atoms in total. The van der Waals surface area contributed by atoms with Crippen molar-refractivity contribution in [3.8, 4) is 0 Å². The Labute approximate surface area is 124 Å². The van der Waals surface area contributed by atoms with Crippen LogP contribution >= 0.6 is 0 Å². The Morgan fingerprint density at radius 1 is 1.33 bits per heavy atom. The monoisotopic (exact) mass is 284 g/mol. The lowest BCUT2D eigenvalue weighted by Crippen LogP contribution is -2.27. The van der Waals surface area contributed by atoms with E-state index in [2.05, 4.69) is 20.6 Å². The first-order chi connectivity index (χ1) is 10.1. The van der Waals surface area contributed by atoms with Crippen LogP contribution in [-0.2, 0) is 0 Å². The van der Waals surface area contributed by atoms with Crippen LogP contribution in [0.15, 0.2) is 36.8 Å². The zero-order valence-corrected chi connectivity index (χ0v) is 12.6. The Morgan fingerprint density at radius 2 is 2.05 bits per heavy atom. The second-order valence-electron chi connectivity index (χ2n) is 4.88. The van der Waals surface area contributed by atoms with E-state index in [-0.39, 0.29) is 11.9 Å². The van der Waals surface area contributed by atoms with E-state index >= 15 is 0 Å². The van der Waals surface area contributed by atoms with Crippen LogP contribution in [0.25, 0.3) is 0 Å². The topological polar surface area (TPSA) is 66.9 Å². The Balaban J connectivity index is 2.17. The molecule has 0 saturated heterocycles.